The first-order chi connectivity index (χ1) is 8.59. The van der Waals surface area contributed by atoms with Crippen LogP contribution in [0.15, 0.2) is 24.3 Å². The zero-order chi connectivity index (χ0) is 13.4. The fraction of sp³-hybridized carbons (Fsp3) is 0.455. The van der Waals surface area contributed by atoms with Crippen molar-refractivity contribution >= 4 is 19.2 Å². The van der Waals surface area contributed by atoms with Gasteiger partial charge in [-0.25, -0.2) is 9.78 Å². The molecule has 7 heteroatoms. The molecular weight excluding hydrogens is 279 g/mol. The quantitative estimate of drug-likeness (QED) is 0.412. The minimum Gasteiger partial charge on any atom is -0.255 e. The largest absolute Gasteiger partial charge is 0.388 e. The van der Waals surface area contributed by atoms with Gasteiger partial charge in [0.05, 0.1) is 19.4 Å². The molecule has 0 aliphatic carbocycles. The molecule has 0 heterocycles. The molecule has 0 N–H and O–H groups in total. The highest BCUT2D eigenvalue weighted by atomic mass is 35.5. The second-order valence-corrected chi connectivity index (χ2v) is 5.63. The molecule has 0 unspecified atom stereocenters. The summed E-state index contributed by atoms with van der Waals surface area (Å²) in [6.07, 6.45) is 0.0458. The van der Waals surface area contributed by atoms with Gasteiger partial charge in [-0.05, 0) is 31.5 Å². The van der Waals surface area contributed by atoms with Crippen LogP contribution in [-0.2, 0) is 29.9 Å². The van der Waals surface area contributed by atoms with E-state index in [0.29, 0.717) is 5.02 Å². The predicted octanol–water partition coefficient (Wildman–Crippen LogP) is 3.97. The van der Waals surface area contributed by atoms with Gasteiger partial charge in [-0.15, -0.1) is 9.35 Å². The average Bonchev–Trinajstić information content (AvgIpc) is 2.37. The molecule has 0 fully saturated rings. The molecule has 0 aliphatic rings. The SMILES string of the molecule is CCOOP(=O)(Cc1ccc(Cl)cc1)OOCC. The highest BCUT2D eigenvalue weighted by Gasteiger charge is 2.28. The van der Waals surface area contributed by atoms with Crippen molar-refractivity contribution in [3.05, 3.63) is 34.9 Å². The van der Waals surface area contributed by atoms with Gasteiger partial charge < -0.3 is 0 Å². The second-order valence-electron chi connectivity index (χ2n) is 3.36. The standard InChI is InChI=1S/C11H16ClO5P/c1-3-14-16-18(13,17-15-4-2)9-10-5-7-11(12)8-6-10/h5-8H,3-4,9H2,1-2H3. The van der Waals surface area contributed by atoms with Gasteiger partial charge in [-0.2, -0.15) is 0 Å². The van der Waals surface area contributed by atoms with Crippen molar-refractivity contribution in [2.24, 2.45) is 0 Å². The fourth-order valence-corrected chi connectivity index (χ4v) is 2.59. The molecule has 5 nitrogen and oxygen atoms in total. The molecule has 0 amide bonds. The lowest BCUT2D eigenvalue weighted by Gasteiger charge is -2.15. The zero-order valence-corrected chi connectivity index (χ0v) is 11.9. The van der Waals surface area contributed by atoms with Crippen LogP contribution in [0.4, 0.5) is 0 Å². The summed E-state index contributed by atoms with van der Waals surface area (Å²) in [5, 5.41) is 0.602. The molecule has 0 bridgehead atoms. The molecular formula is C11H16ClO5P. The lowest BCUT2D eigenvalue weighted by molar-refractivity contribution is -0.263. The Bertz CT molecular complexity index is 383. The molecule has 18 heavy (non-hydrogen) atoms. The van der Waals surface area contributed by atoms with E-state index in [2.05, 4.69) is 0 Å². The minimum absolute atomic E-state index is 0.0458. The van der Waals surface area contributed by atoms with E-state index in [1.165, 1.54) is 0 Å². The van der Waals surface area contributed by atoms with E-state index in [4.69, 9.17) is 30.7 Å². The molecule has 0 spiro atoms. The highest BCUT2D eigenvalue weighted by molar-refractivity contribution is 7.52. The Hall–Kier alpha value is -0.420. The number of halogens is 1. The normalized spacial score (nSPS) is 11.7. The Labute approximate surface area is 111 Å². The van der Waals surface area contributed by atoms with Crippen molar-refractivity contribution in [2.45, 2.75) is 20.0 Å². The topological polar surface area (TPSA) is 54.0 Å². The molecule has 102 valence electrons. The van der Waals surface area contributed by atoms with Gasteiger partial charge in [0, 0.05) is 5.02 Å². The van der Waals surface area contributed by atoms with Crippen LogP contribution in [0.5, 0.6) is 0 Å². The van der Waals surface area contributed by atoms with Crippen LogP contribution in [0.1, 0.15) is 19.4 Å². The average molecular weight is 295 g/mol. The Morgan fingerprint density at radius 1 is 1.06 bits per heavy atom. The van der Waals surface area contributed by atoms with Crippen LogP contribution >= 0.6 is 19.2 Å². The summed E-state index contributed by atoms with van der Waals surface area (Å²) < 4.78 is 21.8. The summed E-state index contributed by atoms with van der Waals surface area (Å²) in [6, 6.07) is 6.87. The first-order valence-electron chi connectivity index (χ1n) is 5.55. The van der Waals surface area contributed by atoms with Gasteiger partial charge in [0.25, 0.3) is 0 Å². The van der Waals surface area contributed by atoms with E-state index in [1.54, 1.807) is 38.1 Å². The summed E-state index contributed by atoms with van der Waals surface area (Å²) in [5.74, 6) is 0. The molecule has 0 saturated heterocycles. The monoisotopic (exact) mass is 294 g/mol. The van der Waals surface area contributed by atoms with Gasteiger partial charge in [0.15, 0.2) is 0 Å². The Morgan fingerprint density at radius 2 is 1.56 bits per heavy atom. The Kier molecular flexibility index (Phi) is 6.86. The van der Waals surface area contributed by atoms with Crippen LogP contribution in [0, 0.1) is 0 Å². The molecule has 0 radical (unpaired) electrons. The smallest absolute Gasteiger partial charge is 0.255 e. The molecule has 1 aromatic rings. The van der Waals surface area contributed by atoms with E-state index >= 15 is 0 Å². The van der Waals surface area contributed by atoms with Gasteiger partial charge in [-0.1, -0.05) is 23.7 Å². The maximum Gasteiger partial charge on any atom is 0.388 e. The van der Waals surface area contributed by atoms with Gasteiger partial charge in [-0.3, -0.25) is 4.57 Å². The summed E-state index contributed by atoms with van der Waals surface area (Å²) in [4.78, 5) is 9.39. The van der Waals surface area contributed by atoms with Crippen LogP contribution in [0.25, 0.3) is 0 Å². The lowest BCUT2D eigenvalue weighted by atomic mass is 10.2. The number of hydrogen-bond acceptors (Lipinski definition) is 5. The maximum atomic E-state index is 12.3. The van der Waals surface area contributed by atoms with Crippen LogP contribution < -0.4 is 0 Å². The Balaban J connectivity index is 2.70. The maximum absolute atomic E-state index is 12.3. The van der Waals surface area contributed by atoms with Crippen molar-refractivity contribution < 1.29 is 23.7 Å². The van der Waals surface area contributed by atoms with Crippen molar-refractivity contribution in [3.63, 3.8) is 0 Å². The van der Waals surface area contributed by atoms with E-state index in [1.807, 2.05) is 0 Å². The molecule has 0 aromatic heterocycles. The number of benzene rings is 1. The van der Waals surface area contributed by atoms with E-state index in [0.717, 1.165) is 5.56 Å². The first-order valence-corrected chi connectivity index (χ1v) is 7.66. The van der Waals surface area contributed by atoms with Crippen LogP contribution in [0.3, 0.4) is 0 Å². The summed E-state index contributed by atoms with van der Waals surface area (Å²) in [5.41, 5.74) is 0.752. The van der Waals surface area contributed by atoms with E-state index in [9.17, 15) is 4.57 Å². The van der Waals surface area contributed by atoms with Gasteiger partial charge in [0.1, 0.15) is 0 Å². The van der Waals surface area contributed by atoms with Crippen molar-refractivity contribution in [3.8, 4) is 0 Å². The van der Waals surface area contributed by atoms with Crippen molar-refractivity contribution in [1.82, 2.24) is 0 Å². The highest BCUT2D eigenvalue weighted by Crippen LogP contribution is 2.51. The fourth-order valence-electron chi connectivity index (χ4n) is 1.14. The Morgan fingerprint density at radius 3 is 2.00 bits per heavy atom. The molecule has 1 rings (SSSR count). The van der Waals surface area contributed by atoms with Gasteiger partial charge >= 0.3 is 7.60 Å². The molecule has 0 aliphatic heterocycles. The molecule has 0 atom stereocenters. The van der Waals surface area contributed by atoms with Crippen LogP contribution in [0.2, 0.25) is 5.02 Å². The zero-order valence-electron chi connectivity index (χ0n) is 10.3. The molecule has 1 aromatic carbocycles. The third-order valence-electron chi connectivity index (χ3n) is 1.86. The summed E-state index contributed by atoms with van der Waals surface area (Å²) >= 11 is 5.77. The van der Waals surface area contributed by atoms with Crippen molar-refractivity contribution in [1.29, 1.82) is 0 Å². The third-order valence-corrected chi connectivity index (χ3v) is 3.53. The van der Waals surface area contributed by atoms with Crippen LogP contribution in [-0.4, -0.2) is 13.2 Å². The summed E-state index contributed by atoms with van der Waals surface area (Å²) in [6.45, 7) is 3.96. The third kappa shape index (κ3) is 5.48. The minimum atomic E-state index is -3.48. The molecule has 0 saturated carbocycles. The number of rotatable bonds is 8. The lowest BCUT2D eigenvalue weighted by Crippen LogP contribution is -2.01. The second kappa shape index (κ2) is 7.89. The van der Waals surface area contributed by atoms with E-state index in [-0.39, 0.29) is 19.4 Å². The first kappa shape index (κ1) is 15.6. The van der Waals surface area contributed by atoms with Crippen molar-refractivity contribution in [2.75, 3.05) is 13.2 Å². The van der Waals surface area contributed by atoms with E-state index < -0.39 is 7.60 Å². The van der Waals surface area contributed by atoms with Gasteiger partial charge in [0.2, 0.25) is 0 Å². The predicted molar refractivity (Wildman–Crippen MR) is 68.2 cm³/mol. The number of hydrogen-bond donors (Lipinski definition) is 0. The summed E-state index contributed by atoms with van der Waals surface area (Å²) in [7, 11) is -3.48.